The van der Waals surface area contributed by atoms with Gasteiger partial charge in [-0.2, -0.15) is 11.8 Å². The molecule has 0 aliphatic heterocycles. The molecule has 18 heavy (non-hydrogen) atoms. The van der Waals surface area contributed by atoms with Gasteiger partial charge in [-0.15, -0.1) is 0 Å². The van der Waals surface area contributed by atoms with E-state index in [-0.39, 0.29) is 0 Å². The molecule has 0 aliphatic rings. The molecule has 0 spiro atoms. The molecule has 0 aromatic rings. The molecule has 0 bridgehead atoms. The van der Waals surface area contributed by atoms with Crippen molar-refractivity contribution in [1.82, 2.24) is 0 Å². The maximum atomic E-state index is 10.4. The quantitative estimate of drug-likeness (QED) is 0.482. The third-order valence-corrected chi connectivity index (χ3v) is 4.33. The first kappa shape index (κ1) is 17.8. The van der Waals surface area contributed by atoms with E-state index in [2.05, 4.69) is 13.8 Å². The Hall–Kier alpha value is -0.180. The van der Waals surface area contributed by atoms with Gasteiger partial charge in [-0.25, -0.2) is 0 Å². The fourth-order valence-corrected chi connectivity index (χ4v) is 3.14. The van der Waals surface area contributed by atoms with Gasteiger partial charge in [0.1, 0.15) is 0 Å². The predicted molar refractivity (Wildman–Crippen MR) is 81.4 cm³/mol. The average molecular weight is 274 g/mol. The summed E-state index contributed by atoms with van der Waals surface area (Å²) >= 11 is 1.80. The number of hydrogen-bond donors (Lipinski definition) is 1. The SMILES string of the molecule is CCCCCC(CCCC)CCSCCC(=O)O. The van der Waals surface area contributed by atoms with Crippen LogP contribution in [0.3, 0.4) is 0 Å². The van der Waals surface area contributed by atoms with Crippen molar-refractivity contribution in [3.8, 4) is 0 Å². The number of carbonyl (C=O) groups is 1. The Kier molecular flexibility index (Phi) is 13.1. The van der Waals surface area contributed by atoms with Crippen molar-refractivity contribution in [3.63, 3.8) is 0 Å². The molecule has 1 N–H and O–H groups in total. The summed E-state index contributed by atoms with van der Waals surface area (Å²) < 4.78 is 0. The van der Waals surface area contributed by atoms with Crippen LogP contribution in [0, 0.1) is 5.92 Å². The summed E-state index contributed by atoms with van der Waals surface area (Å²) in [5.74, 6) is 2.10. The van der Waals surface area contributed by atoms with Crippen LogP contribution in [0.4, 0.5) is 0 Å². The zero-order valence-electron chi connectivity index (χ0n) is 12.1. The lowest BCUT2D eigenvalue weighted by Gasteiger charge is -2.16. The molecular weight excluding hydrogens is 244 g/mol. The third-order valence-electron chi connectivity index (χ3n) is 3.31. The highest BCUT2D eigenvalue weighted by Crippen LogP contribution is 2.22. The molecule has 2 nitrogen and oxygen atoms in total. The Bertz CT molecular complexity index is 195. The lowest BCUT2D eigenvalue weighted by Crippen LogP contribution is -2.03. The van der Waals surface area contributed by atoms with E-state index in [4.69, 9.17) is 5.11 Å². The Labute approximate surface area is 117 Å². The Balaban J connectivity index is 3.60. The maximum Gasteiger partial charge on any atom is 0.304 e. The molecule has 0 radical (unpaired) electrons. The monoisotopic (exact) mass is 274 g/mol. The number of carboxylic acid groups (broad SMARTS) is 1. The Morgan fingerprint density at radius 2 is 1.67 bits per heavy atom. The molecule has 1 unspecified atom stereocenters. The molecule has 0 aromatic heterocycles. The predicted octanol–water partition coefficient (Wildman–Crippen LogP) is 4.97. The Morgan fingerprint density at radius 1 is 1.00 bits per heavy atom. The van der Waals surface area contributed by atoms with E-state index < -0.39 is 5.97 Å². The van der Waals surface area contributed by atoms with Crippen LogP contribution in [-0.4, -0.2) is 22.6 Å². The molecule has 1 atom stereocenters. The first-order valence-corrected chi connectivity index (χ1v) is 8.65. The van der Waals surface area contributed by atoms with E-state index in [0.717, 1.165) is 17.4 Å². The van der Waals surface area contributed by atoms with Crippen molar-refractivity contribution in [3.05, 3.63) is 0 Å². The van der Waals surface area contributed by atoms with E-state index in [9.17, 15) is 4.79 Å². The first-order valence-electron chi connectivity index (χ1n) is 7.50. The molecule has 0 saturated carbocycles. The van der Waals surface area contributed by atoms with Gasteiger partial charge in [-0.3, -0.25) is 4.79 Å². The zero-order valence-corrected chi connectivity index (χ0v) is 12.9. The average Bonchev–Trinajstić information content (AvgIpc) is 2.34. The minimum atomic E-state index is -0.673. The smallest absolute Gasteiger partial charge is 0.304 e. The molecule has 0 saturated heterocycles. The van der Waals surface area contributed by atoms with Crippen LogP contribution >= 0.6 is 11.8 Å². The molecule has 0 rings (SSSR count). The highest BCUT2D eigenvalue weighted by atomic mass is 32.2. The molecular formula is C15H30O2S. The van der Waals surface area contributed by atoms with Crippen LogP contribution in [0.5, 0.6) is 0 Å². The number of carboxylic acids is 1. The van der Waals surface area contributed by atoms with Crippen LogP contribution in [0.1, 0.15) is 71.6 Å². The number of unbranched alkanes of at least 4 members (excludes halogenated alkanes) is 3. The molecule has 0 amide bonds. The van der Waals surface area contributed by atoms with Crippen molar-refractivity contribution in [1.29, 1.82) is 0 Å². The van der Waals surface area contributed by atoms with Gasteiger partial charge in [0, 0.05) is 5.75 Å². The van der Waals surface area contributed by atoms with Gasteiger partial charge in [0.2, 0.25) is 0 Å². The highest BCUT2D eigenvalue weighted by Gasteiger charge is 2.08. The van der Waals surface area contributed by atoms with E-state index in [1.165, 1.54) is 51.4 Å². The standard InChI is InChI=1S/C15H30O2S/c1-3-5-7-9-14(8-6-4-2)10-12-18-13-11-15(16)17/h14H,3-13H2,1-2H3,(H,16,17). The van der Waals surface area contributed by atoms with Gasteiger partial charge >= 0.3 is 5.97 Å². The molecule has 108 valence electrons. The number of hydrogen-bond acceptors (Lipinski definition) is 2. The van der Waals surface area contributed by atoms with Gasteiger partial charge in [0.15, 0.2) is 0 Å². The van der Waals surface area contributed by atoms with Gasteiger partial charge in [-0.05, 0) is 18.1 Å². The van der Waals surface area contributed by atoms with Gasteiger partial charge in [0.05, 0.1) is 6.42 Å². The van der Waals surface area contributed by atoms with Crippen molar-refractivity contribution in [2.45, 2.75) is 71.6 Å². The van der Waals surface area contributed by atoms with Crippen molar-refractivity contribution < 1.29 is 9.90 Å². The van der Waals surface area contributed by atoms with Crippen molar-refractivity contribution in [2.24, 2.45) is 5.92 Å². The van der Waals surface area contributed by atoms with Gasteiger partial charge in [0.25, 0.3) is 0 Å². The zero-order chi connectivity index (χ0) is 13.6. The van der Waals surface area contributed by atoms with Gasteiger partial charge in [-0.1, -0.05) is 58.8 Å². The number of thioether (sulfide) groups is 1. The minimum Gasteiger partial charge on any atom is -0.481 e. The van der Waals surface area contributed by atoms with Crippen LogP contribution in [0.25, 0.3) is 0 Å². The molecule has 3 heteroatoms. The molecule has 0 aliphatic carbocycles. The topological polar surface area (TPSA) is 37.3 Å². The maximum absolute atomic E-state index is 10.4. The van der Waals surface area contributed by atoms with Crippen LogP contribution < -0.4 is 0 Å². The fraction of sp³-hybridized carbons (Fsp3) is 0.933. The lowest BCUT2D eigenvalue weighted by molar-refractivity contribution is -0.136. The van der Waals surface area contributed by atoms with E-state index in [1.807, 2.05) is 0 Å². The van der Waals surface area contributed by atoms with E-state index >= 15 is 0 Å². The highest BCUT2D eigenvalue weighted by molar-refractivity contribution is 7.99. The Morgan fingerprint density at radius 3 is 2.28 bits per heavy atom. The summed E-state index contributed by atoms with van der Waals surface area (Å²) in [4.78, 5) is 10.4. The first-order chi connectivity index (χ1) is 8.70. The van der Waals surface area contributed by atoms with Crippen LogP contribution in [-0.2, 0) is 4.79 Å². The van der Waals surface area contributed by atoms with Crippen molar-refractivity contribution in [2.75, 3.05) is 11.5 Å². The fourth-order valence-electron chi connectivity index (χ4n) is 2.12. The summed E-state index contributed by atoms with van der Waals surface area (Å²) in [5.41, 5.74) is 0. The third kappa shape index (κ3) is 12.3. The lowest BCUT2D eigenvalue weighted by atomic mass is 9.93. The van der Waals surface area contributed by atoms with Gasteiger partial charge < -0.3 is 5.11 Å². The summed E-state index contributed by atoms with van der Waals surface area (Å²) in [5, 5.41) is 8.57. The molecule has 0 fully saturated rings. The number of rotatable bonds is 13. The second kappa shape index (κ2) is 13.3. The summed E-state index contributed by atoms with van der Waals surface area (Å²) in [6.07, 6.45) is 11.0. The summed E-state index contributed by atoms with van der Waals surface area (Å²) in [7, 11) is 0. The minimum absolute atomic E-state index is 0.306. The number of aliphatic carboxylic acids is 1. The molecule has 0 aromatic carbocycles. The van der Waals surface area contributed by atoms with Crippen LogP contribution in [0.2, 0.25) is 0 Å². The largest absolute Gasteiger partial charge is 0.481 e. The summed E-state index contributed by atoms with van der Waals surface area (Å²) in [6, 6.07) is 0. The normalized spacial score (nSPS) is 12.6. The van der Waals surface area contributed by atoms with E-state index in [0.29, 0.717) is 6.42 Å². The molecule has 0 heterocycles. The van der Waals surface area contributed by atoms with Crippen LogP contribution in [0.15, 0.2) is 0 Å². The second-order valence-electron chi connectivity index (χ2n) is 5.05. The second-order valence-corrected chi connectivity index (χ2v) is 6.27. The van der Waals surface area contributed by atoms with E-state index in [1.54, 1.807) is 11.8 Å². The van der Waals surface area contributed by atoms with Crippen molar-refractivity contribution >= 4 is 17.7 Å². The summed E-state index contributed by atoms with van der Waals surface area (Å²) in [6.45, 7) is 4.51.